The van der Waals surface area contributed by atoms with Crippen LogP contribution in [0.4, 0.5) is 5.69 Å². The van der Waals surface area contributed by atoms with E-state index in [0.29, 0.717) is 35.1 Å². The van der Waals surface area contributed by atoms with Gasteiger partial charge in [0.1, 0.15) is 5.75 Å². The minimum atomic E-state index is -0.287. The van der Waals surface area contributed by atoms with Gasteiger partial charge in [-0.15, -0.1) is 12.4 Å². The van der Waals surface area contributed by atoms with E-state index < -0.39 is 0 Å². The standard InChI is InChI=1S/C13H19ClN4O2.ClH/c1-3-18(8-15)5-4-17-13(19)9-6-10(14)11(16)7-12(9)20-2;/h6-8,15H,3-5,16H2,1-2H3,(H,17,19);1H. The number of hydrogen-bond donors (Lipinski definition) is 3. The fraction of sp³-hybridized carbons (Fsp3) is 0.385. The minimum Gasteiger partial charge on any atom is -0.496 e. The lowest BCUT2D eigenvalue weighted by atomic mass is 10.1. The summed E-state index contributed by atoms with van der Waals surface area (Å²) in [6.45, 7) is 3.65. The topological polar surface area (TPSA) is 91.4 Å². The molecule has 0 aliphatic carbocycles. The fourth-order valence-corrected chi connectivity index (χ4v) is 1.80. The van der Waals surface area contributed by atoms with E-state index in [0.717, 1.165) is 6.54 Å². The summed E-state index contributed by atoms with van der Waals surface area (Å²) in [5.74, 6) is 0.0913. The second-order valence-electron chi connectivity index (χ2n) is 4.09. The number of methoxy groups -OCH3 is 1. The van der Waals surface area contributed by atoms with Gasteiger partial charge >= 0.3 is 0 Å². The van der Waals surface area contributed by atoms with Crippen LogP contribution in [0.2, 0.25) is 5.02 Å². The zero-order chi connectivity index (χ0) is 15.1. The highest BCUT2D eigenvalue weighted by Gasteiger charge is 2.14. The number of nitrogens with one attached hydrogen (secondary N) is 2. The summed E-state index contributed by atoms with van der Waals surface area (Å²) in [6, 6.07) is 3.01. The molecule has 0 saturated carbocycles. The van der Waals surface area contributed by atoms with E-state index in [4.69, 9.17) is 27.5 Å². The van der Waals surface area contributed by atoms with Crippen LogP contribution >= 0.6 is 24.0 Å². The molecule has 8 heteroatoms. The van der Waals surface area contributed by atoms with Gasteiger partial charge in [0, 0.05) is 25.7 Å². The van der Waals surface area contributed by atoms with Gasteiger partial charge < -0.3 is 20.7 Å². The minimum absolute atomic E-state index is 0. The lowest BCUT2D eigenvalue weighted by molar-refractivity contribution is 0.0948. The van der Waals surface area contributed by atoms with E-state index in [1.165, 1.54) is 25.6 Å². The number of amides is 1. The molecule has 0 radical (unpaired) electrons. The van der Waals surface area contributed by atoms with Crippen LogP contribution in [0.3, 0.4) is 0 Å². The van der Waals surface area contributed by atoms with Crippen LogP contribution in [0.5, 0.6) is 5.75 Å². The van der Waals surface area contributed by atoms with Gasteiger partial charge in [-0.1, -0.05) is 11.6 Å². The van der Waals surface area contributed by atoms with Gasteiger partial charge in [0.05, 0.1) is 29.7 Å². The molecule has 0 atom stereocenters. The van der Waals surface area contributed by atoms with Crippen molar-refractivity contribution in [3.8, 4) is 5.75 Å². The highest BCUT2D eigenvalue weighted by molar-refractivity contribution is 6.33. The van der Waals surface area contributed by atoms with Crippen molar-refractivity contribution in [2.45, 2.75) is 6.92 Å². The summed E-state index contributed by atoms with van der Waals surface area (Å²) in [6.07, 6.45) is 1.24. The van der Waals surface area contributed by atoms with E-state index in [-0.39, 0.29) is 18.3 Å². The second-order valence-corrected chi connectivity index (χ2v) is 4.49. The number of nitrogens with zero attached hydrogens (tertiary/aromatic N) is 1. The van der Waals surface area contributed by atoms with E-state index in [1.807, 2.05) is 6.92 Å². The molecule has 0 aliphatic rings. The van der Waals surface area contributed by atoms with Crippen LogP contribution in [0.1, 0.15) is 17.3 Å². The molecule has 0 heterocycles. The number of rotatable bonds is 7. The third-order valence-electron chi connectivity index (χ3n) is 2.84. The van der Waals surface area contributed by atoms with E-state index in [1.54, 1.807) is 4.90 Å². The van der Waals surface area contributed by atoms with Crippen molar-refractivity contribution in [2.24, 2.45) is 0 Å². The fourth-order valence-electron chi connectivity index (χ4n) is 1.64. The maximum Gasteiger partial charge on any atom is 0.255 e. The molecule has 118 valence electrons. The van der Waals surface area contributed by atoms with Crippen molar-refractivity contribution < 1.29 is 9.53 Å². The Balaban J connectivity index is 0.00000400. The molecule has 1 aromatic carbocycles. The van der Waals surface area contributed by atoms with Crippen LogP contribution in [-0.2, 0) is 0 Å². The molecule has 0 unspecified atom stereocenters. The van der Waals surface area contributed by atoms with Gasteiger partial charge in [0.15, 0.2) is 0 Å². The number of halogens is 2. The van der Waals surface area contributed by atoms with Crippen molar-refractivity contribution in [1.82, 2.24) is 10.2 Å². The summed E-state index contributed by atoms with van der Waals surface area (Å²) < 4.78 is 5.13. The molecular formula is C13H20Cl2N4O2. The monoisotopic (exact) mass is 334 g/mol. The largest absolute Gasteiger partial charge is 0.496 e. The maximum absolute atomic E-state index is 12.1. The highest BCUT2D eigenvalue weighted by atomic mass is 35.5. The first-order chi connectivity index (χ1) is 9.53. The number of likely N-dealkylation sites (N-methyl/N-ethyl adjacent to an activating group) is 1. The van der Waals surface area contributed by atoms with Crippen molar-refractivity contribution >= 4 is 41.9 Å². The Morgan fingerprint density at radius 2 is 2.24 bits per heavy atom. The predicted molar refractivity (Wildman–Crippen MR) is 88.0 cm³/mol. The molecule has 0 saturated heterocycles. The average Bonchev–Trinajstić information content (AvgIpc) is 2.45. The summed E-state index contributed by atoms with van der Waals surface area (Å²) in [7, 11) is 1.47. The second kappa shape index (κ2) is 9.31. The number of carbonyl (C=O) groups excluding carboxylic acids is 1. The van der Waals surface area contributed by atoms with Gasteiger partial charge in [-0.25, -0.2) is 0 Å². The Bertz CT molecular complexity index is 497. The van der Waals surface area contributed by atoms with Crippen molar-refractivity contribution in [1.29, 1.82) is 5.41 Å². The molecule has 0 aromatic heterocycles. The molecule has 1 aromatic rings. The van der Waals surface area contributed by atoms with Crippen LogP contribution in [0.25, 0.3) is 0 Å². The van der Waals surface area contributed by atoms with Crippen LogP contribution in [0.15, 0.2) is 12.1 Å². The SMILES string of the molecule is CCN(C=N)CCNC(=O)c1cc(Cl)c(N)cc1OC.Cl. The Hall–Kier alpha value is -1.66. The average molecular weight is 335 g/mol. The molecule has 6 nitrogen and oxygen atoms in total. The predicted octanol–water partition coefficient (Wildman–Crippen LogP) is 2.01. The molecule has 21 heavy (non-hydrogen) atoms. The van der Waals surface area contributed by atoms with Gasteiger partial charge in [-0.3, -0.25) is 10.2 Å². The zero-order valence-electron chi connectivity index (χ0n) is 12.0. The third kappa shape index (κ3) is 5.32. The van der Waals surface area contributed by atoms with Crippen molar-refractivity contribution in [3.63, 3.8) is 0 Å². The normalized spacial score (nSPS) is 9.48. The van der Waals surface area contributed by atoms with E-state index in [9.17, 15) is 4.79 Å². The Labute approximate surface area is 135 Å². The smallest absolute Gasteiger partial charge is 0.255 e. The van der Waals surface area contributed by atoms with E-state index in [2.05, 4.69) is 5.32 Å². The Kier molecular flexibility index (Phi) is 8.57. The number of carbonyl (C=O) groups is 1. The lowest BCUT2D eigenvalue weighted by Gasteiger charge is -2.17. The number of hydrogen-bond acceptors (Lipinski definition) is 4. The molecule has 0 fully saturated rings. The Morgan fingerprint density at radius 3 is 2.76 bits per heavy atom. The molecule has 0 bridgehead atoms. The summed E-state index contributed by atoms with van der Waals surface area (Å²) >= 11 is 5.92. The first-order valence-electron chi connectivity index (χ1n) is 6.19. The highest BCUT2D eigenvalue weighted by Crippen LogP contribution is 2.28. The quantitative estimate of drug-likeness (QED) is 0.404. The van der Waals surface area contributed by atoms with Crippen LogP contribution in [-0.4, -0.2) is 43.9 Å². The number of benzene rings is 1. The molecular weight excluding hydrogens is 315 g/mol. The van der Waals surface area contributed by atoms with Crippen LogP contribution in [0, 0.1) is 5.41 Å². The summed E-state index contributed by atoms with van der Waals surface area (Å²) in [4.78, 5) is 13.9. The van der Waals surface area contributed by atoms with Gasteiger partial charge in [0.2, 0.25) is 0 Å². The molecule has 4 N–H and O–H groups in total. The van der Waals surface area contributed by atoms with E-state index >= 15 is 0 Å². The summed E-state index contributed by atoms with van der Waals surface area (Å²) in [5.41, 5.74) is 6.37. The maximum atomic E-state index is 12.1. The first kappa shape index (κ1) is 19.3. The number of nitrogen functional groups attached to an aromatic ring is 1. The van der Waals surface area contributed by atoms with Crippen LogP contribution < -0.4 is 15.8 Å². The number of nitrogens with two attached hydrogens (primary N) is 1. The number of anilines is 1. The zero-order valence-corrected chi connectivity index (χ0v) is 13.6. The molecule has 0 spiro atoms. The van der Waals surface area contributed by atoms with Gasteiger partial charge in [-0.2, -0.15) is 0 Å². The van der Waals surface area contributed by atoms with Gasteiger partial charge in [-0.05, 0) is 13.0 Å². The summed E-state index contributed by atoms with van der Waals surface area (Å²) in [5, 5.41) is 10.2. The lowest BCUT2D eigenvalue weighted by Crippen LogP contribution is -2.34. The molecule has 1 amide bonds. The number of ether oxygens (including phenoxy) is 1. The van der Waals surface area contributed by atoms with Gasteiger partial charge in [0.25, 0.3) is 5.91 Å². The third-order valence-corrected chi connectivity index (χ3v) is 3.16. The Morgan fingerprint density at radius 1 is 1.57 bits per heavy atom. The first-order valence-corrected chi connectivity index (χ1v) is 6.57. The molecule has 0 aliphatic heterocycles. The van der Waals surface area contributed by atoms with Crippen molar-refractivity contribution in [3.05, 3.63) is 22.7 Å². The van der Waals surface area contributed by atoms with Crippen molar-refractivity contribution in [2.75, 3.05) is 32.5 Å². The molecule has 1 rings (SSSR count).